The van der Waals surface area contributed by atoms with Crippen LogP contribution in [0.4, 0.5) is 0 Å². The number of guanidine groups is 1. The normalized spacial score (nSPS) is 11.4. The number of para-hydroxylation sites is 2. The van der Waals surface area contributed by atoms with E-state index in [1.165, 1.54) is 9.75 Å². The summed E-state index contributed by atoms with van der Waals surface area (Å²) in [6, 6.07) is 12.5. The number of rotatable bonds is 5. The van der Waals surface area contributed by atoms with E-state index < -0.39 is 0 Å². The van der Waals surface area contributed by atoms with Crippen molar-refractivity contribution in [1.29, 1.82) is 0 Å². The lowest BCUT2D eigenvalue weighted by atomic mass is 10.3. The molecule has 0 bridgehead atoms. The Balaban J connectivity index is 0.00000225. The maximum atomic E-state index is 4.68. The monoisotopic (exact) mass is 469 g/mol. The molecule has 0 aliphatic heterocycles. The Labute approximate surface area is 169 Å². The number of benzene rings is 1. The molecule has 0 saturated carbocycles. The maximum Gasteiger partial charge on any atom is 0.191 e. The fraction of sp³-hybridized carbons (Fsp3) is 0.333. The molecule has 0 fully saturated rings. The van der Waals surface area contributed by atoms with E-state index in [2.05, 4.69) is 57.2 Å². The van der Waals surface area contributed by atoms with Crippen molar-refractivity contribution in [3.63, 3.8) is 0 Å². The van der Waals surface area contributed by atoms with Gasteiger partial charge in [-0.15, -0.1) is 35.3 Å². The Morgan fingerprint density at radius 3 is 2.68 bits per heavy atom. The molecule has 7 heteroatoms. The number of aromatic nitrogens is 2. The second kappa shape index (κ2) is 9.19. The SMILES string of the molecule is CCNC(=NCc1nc2ccccc2n1C)NCc1ccc(C)s1.I. The van der Waals surface area contributed by atoms with E-state index in [0.717, 1.165) is 35.9 Å². The van der Waals surface area contributed by atoms with Crippen molar-refractivity contribution in [2.24, 2.45) is 12.0 Å². The fourth-order valence-corrected chi connectivity index (χ4v) is 3.41. The minimum atomic E-state index is 0. The quantitative estimate of drug-likeness (QED) is 0.340. The molecule has 0 spiro atoms. The molecule has 0 amide bonds. The molecular formula is C18H24IN5S. The Bertz CT molecular complexity index is 852. The van der Waals surface area contributed by atoms with Crippen LogP contribution in [0.1, 0.15) is 22.5 Å². The first-order valence-electron chi connectivity index (χ1n) is 8.15. The summed E-state index contributed by atoms with van der Waals surface area (Å²) in [7, 11) is 2.04. The predicted molar refractivity (Wildman–Crippen MR) is 117 cm³/mol. The molecule has 0 unspecified atom stereocenters. The number of thiophene rings is 1. The summed E-state index contributed by atoms with van der Waals surface area (Å²) in [6.45, 7) is 6.36. The lowest BCUT2D eigenvalue weighted by molar-refractivity contribution is 0.781. The Morgan fingerprint density at radius 2 is 2.00 bits per heavy atom. The average Bonchev–Trinajstić information content (AvgIpc) is 3.14. The zero-order chi connectivity index (χ0) is 16.9. The summed E-state index contributed by atoms with van der Waals surface area (Å²) in [5.41, 5.74) is 2.15. The third-order valence-electron chi connectivity index (χ3n) is 3.83. The Kier molecular flexibility index (Phi) is 7.24. The van der Waals surface area contributed by atoms with Crippen LogP contribution in [0.15, 0.2) is 41.4 Å². The molecule has 3 aromatic rings. The molecule has 134 valence electrons. The van der Waals surface area contributed by atoms with Crippen LogP contribution in [-0.4, -0.2) is 22.1 Å². The molecule has 1 aromatic carbocycles. The van der Waals surface area contributed by atoms with Crippen LogP contribution in [0.5, 0.6) is 0 Å². The van der Waals surface area contributed by atoms with Gasteiger partial charge in [0.2, 0.25) is 0 Å². The smallest absolute Gasteiger partial charge is 0.191 e. The molecule has 0 aliphatic rings. The molecule has 0 radical (unpaired) electrons. The minimum absolute atomic E-state index is 0. The Morgan fingerprint density at radius 1 is 1.20 bits per heavy atom. The first-order valence-corrected chi connectivity index (χ1v) is 8.97. The van der Waals surface area contributed by atoms with Crippen LogP contribution in [0, 0.1) is 6.92 Å². The van der Waals surface area contributed by atoms with Crippen molar-refractivity contribution in [1.82, 2.24) is 20.2 Å². The second-order valence-electron chi connectivity index (χ2n) is 5.64. The van der Waals surface area contributed by atoms with Crippen molar-refractivity contribution in [3.8, 4) is 0 Å². The summed E-state index contributed by atoms with van der Waals surface area (Å²) in [6.07, 6.45) is 0. The fourth-order valence-electron chi connectivity index (χ4n) is 2.58. The van der Waals surface area contributed by atoms with Gasteiger partial charge in [0.25, 0.3) is 0 Å². The maximum absolute atomic E-state index is 4.68. The standard InChI is InChI=1S/C18H23N5S.HI/c1-4-19-18(20-11-14-10-9-13(2)24-14)21-12-17-22-15-7-5-6-8-16(15)23(17)3;/h5-10H,4,11-12H2,1-3H3,(H2,19,20,21);1H. The molecular weight excluding hydrogens is 445 g/mol. The topological polar surface area (TPSA) is 54.2 Å². The van der Waals surface area contributed by atoms with Gasteiger partial charge in [-0.25, -0.2) is 9.98 Å². The van der Waals surface area contributed by atoms with Gasteiger partial charge in [-0.05, 0) is 38.1 Å². The first-order chi connectivity index (χ1) is 11.7. The van der Waals surface area contributed by atoms with Gasteiger partial charge in [-0.2, -0.15) is 0 Å². The largest absolute Gasteiger partial charge is 0.357 e. The van der Waals surface area contributed by atoms with Gasteiger partial charge in [0.1, 0.15) is 12.4 Å². The van der Waals surface area contributed by atoms with Crippen LogP contribution in [0.2, 0.25) is 0 Å². The van der Waals surface area contributed by atoms with E-state index in [0.29, 0.717) is 6.54 Å². The van der Waals surface area contributed by atoms with Crippen molar-refractivity contribution in [2.45, 2.75) is 26.9 Å². The number of nitrogens with one attached hydrogen (secondary N) is 2. The van der Waals surface area contributed by atoms with Crippen molar-refractivity contribution < 1.29 is 0 Å². The predicted octanol–water partition coefficient (Wildman–Crippen LogP) is 3.82. The van der Waals surface area contributed by atoms with Gasteiger partial charge in [0, 0.05) is 23.3 Å². The van der Waals surface area contributed by atoms with Gasteiger partial charge in [0.15, 0.2) is 5.96 Å². The number of hydrogen-bond donors (Lipinski definition) is 2. The van der Waals surface area contributed by atoms with E-state index in [4.69, 9.17) is 0 Å². The second-order valence-corrected chi connectivity index (χ2v) is 7.01. The highest BCUT2D eigenvalue weighted by atomic mass is 127. The summed E-state index contributed by atoms with van der Waals surface area (Å²) in [5, 5.41) is 6.68. The highest BCUT2D eigenvalue weighted by Crippen LogP contribution is 2.15. The zero-order valence-corrected chi connectivity index (χ0v) is 17.9. The molecule has 0 saturated heterocycles. The number of hydrogen-bond acceptors (Lipinski definition) is 3. The van der Waals surface area contributed by atoms with Crippen LogP contribution in [-0.2, 0) is 20.1 Å². The lowest BCUT2D eigenvalue weighted by Crippen LogP contribution is -2.36. The van der Waals surface area contributed by atoms with E-state index in [9.17, 15) is 0 Å². The van der Waals surface area contributed by atoms with E-state index in [1.54, 1.807) is 11.3 Å². The summed E-state index contributed by atoms with van der Waals surface area (Å²) in [5.74, 6) is 1.77. The molecule has 2 aromatic heterocycles. The summed E-state index contributed by atoms with van der Waals surface area (Å²) in [4.78, 5) is 12.0. The van der Waals surface area contributed by atoms with E-state index >= 15 is 0 Å². The zero-order valence-electron chi connectivity index (χ0n) is 14.7. The van der Waals surface area contributed by atoms with Gasteiger partial charge < -0.3 is 15.2 Å². The highest BCUT2D eigenvalue weighted by Gasteiger charge is 2.07. The number of imidazole rings is 1. The lowest BCUT2D eigenvalue weighted by Gasteiger charge is -2.10. The van der Waals surface area contributed by atoms with Crippen LogP contribution in [0.25, 0.3) is 11.0 Å². The molecule has 3 rings (SSSR count). The van der Waals surface area contributed by atoms with E-state index in [-0.39, 0.29) is 24.0 Å². The minimum Gasteiger partial charge on any atom is -0.357 e. The molecule has 25 heavy (non-hydrogen) atoms. The van der Waals surface area contributed by atoms with Crippen LogP contribution >= 0.6 is 35.3 Å². The number of halogens is 1. The summed E-state index contributed by atoms with van der Waals surface area (Å²) < 4.78 is 2.10. The molecule has 5 nitrogen and oxygen atoms in total. The van der Waals surface area contributed by atoms with Crippen molar-refractivity contribution in [2.75, 3.05) is 6.54 Å². The third kappa shape index (κ3) is 4.94. The van der Waals surface area contributed by atoms with Gasteiger partial charge in [0.05, 0.1) is 17.6 Å². The molecule has 0 atom stereocenters. The molecule has 0 aliphatic carbocycles. The van der Waals surface area contributed by atoms with Gasteiger partial charge in [-0.1, -0.05) is 12.1 Å². The molecule has 2 N–H and O–H groups in total. The number of fused-ring (bicyclic) bond motifs is 1. The van der Waals surface area contributed by atoms with Crippen LogP contribution < -0.4 is 10.6 Å². The Hall–Kier alpha value is -1.61. The van der Waals surface area contributed by atoms with E-state index in [1.807, 2.05) is 25.2 Å². The highest BCUT2D eigenvalue weighted by molar-refractivity contribution is 14.0. The van der Waals surface area contributed by atoms with Crippen LogP contribution in [0.3, 0.4) is 0 Å². The first kappa shape index (κ1) is 19.7. The third-order valence-corrected chi connectivity index (χ3v) is 4.83. The number of nitrogens with zero attached hydrogens (tertiary/aromatic N) is 3. The van der Waals surface area contributed by atoms with Gasteiger partial charge in [-0.3, -0.25) is 0 Å². The van der Waals surface area contributed by atoms with Crippen molar-refractivity contribution >= 4 is 52.3 Å². The molecule has 2 heterocycles. The number of aryl methyl sites for hydroxylation is 2. The van der Waals surface area contributed by atoms with Gasteiger partial charge >= 0.3 is 0 Å². The average molecular weight is 469 g/mol. The van der Waals surface area contributed by atoms with Crippen molar-refractivity contribution in [3.05, 3.63) is 52.0 Å². The summed E-state index contributed by atoms with van der Waals surface area (Å²) >= 11 is 1.81. The number of aliphatic imine (C=N–C) groups is 1.